The van der Waals surface area contributed by atoms with Crippen LogP contribution in [0.25, 0.3) is 0 Å². The Morgan fingerprint density at radius 3 is 2.58 bits per heavy atom. The molecule has 1 spiro atoms. The summed E-state index contributed by atoms with van der Waals surface area (Å²) in [6.07, 6.45) is 3.04. The average molecular weight is 418 g/mol. The number of amides is 4. The molecule has 1 saturated heterocycles. The number of carbonyl (C=O) groups is 3. The Labute approximate surface area is 182 Å². The number of hydrogen-bond acceptors (Lipinski definition) is 3. The van der Waals surface area contributed by atoms with Gasteiger partial charge in [-0.15, -0.1) is 0 Å². The first kappa shape index (κ1) is 19.8. The smallest absolute Gasteiger partial charge is 0.325 e. The van der Waals surface area contributed by atoms with E-state index in [1.807, 2.05) is 36.4 Å². The lowest BCUT2D eigenvalue weighted by atomic mass is 9.71. The summed E-state index contributed by atoms with van der Waals surface area (Å²) < 4.78 is 0. The summed E-state index contributed by atoms with van der Waals surface area (Å²) in [6.45, 7) is 4.17. The first-order valence-electron chi connectivity index (χ1n) is 10.9. The first-order valence-corrected chi connectivity index (χ1v) is 10.9. The van der Waals surface area contributed by atoms with Crippen LogP contribution in [-0.2, 0) is 27.0 Å². The predicted octanol–water partition coefficient (Wildman–Crippen LogP) is 3.31. The van der Waals surface area contributed by atoms with Crippen LogP contribution in [-0.4, -0.2) is 29.3 Å². The van der Waals surface area contributed by atoms with Crippen molar-refractivity contribution in [1.29, 1.82) is 0 Å². The summed E-state index contributed by atoms with van der Waals surface area (Å²) in [5.41, 5.74) is 3.30. The van der Waals surface area contributed by atoms with E-state index in [4.69, 9.17) is 0 Å². The zero-order valence-corrected chi connectivity index (χ0v) is 17.9. The minimum atomic E-state index is -1.03. The Kier molecular flexibility index (Phi) is 4.43. The van der Waals surface area contributed by atoms with Crippen molar-refractivity contribution in [2.75, 3.05) is 6.54 Å². The SMILES string of the molecule is CC1(C)CCC(NC(=O)CN2C(=O)NC3(CCc4ccccc43)C2=O)c2ccccc21. The van der Waals surface area contributed by atoms with Gasteiger partial charge in [0.05, 0.1) is 6.04 Å². The van der Waals surface area contributed by atoms with Crippen LogP contribution in [0.1, 0.15) is 61.4 Å². The number of benzene rings is 2. The molecule has 0 radical (unpaired) electrons. The molecule has 4 amide bonds. The molecule has 2 aromatic carbocycles. The Balaban J connectivity index is 1.33. The monoisotopic (exact) mass is 417 g/mol. The lowest BCUT2D eigenvalue weighted by Crippen LogP contribution is -2.45. The van der Waals surface area contributed by atoms with Crippen LogP contribution in [0.15, 0.2) is 48.5 Å². The third-order valence-electron chi connectivity index (χ3n) is 7.18. The molecule has 2 atom stereocenters. The Morgan fingerprint density at radius 1 is 1.06 bits per heavy atom. The number of aryl methyl sites for hydroxylation is 1. The fourth-order valence-electron chi connectivity index (χ4n) is 5.48. The second kappa shape index (κ2) is 6.94. The van der Waals surface area contributed by atoms with Crippen LogP contribution in [0.2, 0.25) is 0 Å². The van der Waals surface area contributed by atoms with E-state index in [1.165, 1.54) is 5.56 Å². The van der Waals surface area contributed by atoms with Gasteiger partial charge in [0, 0.05) is 0 Å². The van der Waals surface area contributed by atoms with Crippen molar-refractivity contribution in [2.24, 2.45) is 0 Å². The molecule has 2 N–H and O–H groups in total. The summed E-state index contributed by atoms with van der Waals surface area (Å²) in [4.78, 5) is 39.9. The minimum Gasteiger partial charge on any atom is -0.348 e. The van der Waals surface area contributed by atoms with Gasteiger partial charge in [-0.05, 0) is 53.4 Å². The molecule has 31 heavy (non-hydrogen) atoms. The number of nitrogens with one attached hydrogen (secondary N) is 2. The van der Waals surface area contributed by atoms with Crippen LogP contribution in [0, 0.1) is 0 Å². The van der Waals surface area contributed by atoms with E-state index in [0.29, 0.717) is 6.42 Å². The molecule has 1 fully saturated rings. The van der Waals surface area contributed by atoms with Gasteiger partial charge in [-0.3, -0.25) is 14.5 Å². The molecule has 2 aromatic rings. The quantitative estimate of drug-likeness (QED) is 0.752. The predicted molar refractivity (Wildman–Crippen MR) is 116 cm³/mol. The molecule has 0 bridgehead atoms. The highest BCUT2D eigenvalue weighted by atomic mass is 16.2. The van der Waals surface area contributed by atoms with Crippen molar-refractivity contribution in [2.45, 2.75) is 56.5 Å². The van der Waals surface area contributed by atoms with Crippen molar-refractivity contribution in [1.82, 2.24) is 15.5 Å². The maximum Gasteiger partial charge on any atom is 0.325 e. The maximum atomic E-state index is 13.3. The van der Waals surface area contributed by atoms with Gasteiger partial charge in [0.1, 0.15) is 12.1 Å². The first-order chi connectivity index (χ1) is 14.8. The lowest BCUT2D eigenvalue weighted by Gasteiger charge is -2.37. The Bertz CT molecular complexity index is 1090. The Hall–Kier alpha value is -3.15. The Morgan fingerprint density at radius 2 is 1.77 bits per heavy atom. The van der Waals surface area contributed by atoms with Crippen LogP contribution >= 0.6 is 0 Å². The molecule has 3 aliphatic rings. The van der Waals surface area contributed by atoms with E-state index in [0.717, 1.165) is 40.9 Å². The van der Waals surface area contributed by atoms with Crippen LogP contribution in [0.4, 0.5) is 4.79 Å². The maximum absolute atomic E-state index is 13.3. The summed E-state index contributed by atoms with van der Waals surface area (Å²) in [7, 11) is 0. The summed E-state index contributed by atoms with van der Waals surface area (Å²) >= 11 is 0. The van der Waals surface area contributed by atoms with Gasteiger partial charge in [0.15, 0.2) is 0 Å². The molecule has 5 rings (SSSR count). The van der Waals surface area contributed by atoms with Crippen molar-refractivity contribution in [3.8, 4) is 0 Å². The second-order valence-electron chi connectivity index (χ2n) is 9.51. The fraction of sp³-hybridized carbons (Fsp3) is 0.400. The van der Waals surface area contributed by atoms with Crippen molar-refractivity contribution >= 4 is 17.8 Å². The van der Waals surface area contributed by atoms with Gasteiger partial charge in [0.2, 0.25) is 5.91 Å². The zero-order valence-electron chi connectivity index (χ0n) is 17.9. The van der Waals surface area contributed by atoms with Gasteiger partial charge in [-0.25, -0.2) is 4.79 Å². The van der Waals surface area contributed by atoms with E-state index in [9.17, 15) is 14.4 Å². The fourth-order valence-corrected chi connectivity index (χ4v) is 5.48. The molecule has 2 aliphatic carbocycles. The van der Waals surface area contributed by atoms with E-state index in [-0.39, 0.29) is 29.8 Å². The molecular formula is C25H27N3O3. The van der Waals surface area contributed by atoms with Crippen molar-refractivity contribution < 1.29 is 14.4 Å². The molecule has 1 heterocycles. The molecule has 2 unspecified atom stereocenters. The molecule has 160 valence electrons. The number of imide groups is 1. The van der Waals surface area contributed by atoms with Gasteiger partial charge in [-0.2, -0.15) is 0 Å². The van der Waals surface area contributed by atoms with E-state index in [1.54, 1.807) is 0 Å². The molecule has 1 aliphatic heterocycles. The van der Waals surface area contributed by atoms with E-state index < -0.39 is 11.6 Å². The number of hydrogen-bond donors (Lipinski definition) is 2. The summed E-state index contributed by atoms with van der Waals surface area (Å²) in [5.74, 6) is -0.644. The van der Waals surface area contributed by atoms with E-state index in [2.05, 4.69) is 36.6 Å². The molecular weight excluding hydrogens is 390 g/mol. The highest BCUT2D eigenvalue weighted by Crippen LogP contribution is 2.42. The van der Waals surface area contributed by atoms with Gasteiger partial charge in [-0.1, -0.05) is 62.4 Å². The third-order valence-corrected chi connectivity index (χ3v) is 7.18. The largest absolute Gasteiger partial charge is 0.348 e. The minimum absolute atomic E-state index is 0.0604. The number of rotatable bonds is 3. The number of nitrogens with zero attached hydrogens (tertiary/aromatic N) is 1. The van der Waals surface area contributed by atoms with Gasteiger partial charge < -0.3 is 10.6 Å². The number of fused-ring (bicyclic) bond motifs is 3. The van der Waals surface area contributed by atoms with Crippen LogP contribution in [0.5, 0.6) is 0 Å². The molecule has 6 heteroatoms. The van der Waals surface area contributed by atoms with Gasteiger partial charge in [0.25, 0.3) is 5.91 Å². The summed E-state index contributed by atoms with van der Waals surface area (Å²) in [5, 5.41) is 5.94. The normalized spacial score (nSPS) is 25.9. The van der Waals surface area contributed by atoms with Crippen LogP contribution in [0.3, 0.4) is 0 Å². The van der Waals surface area contributed by atoms with Gasteiger partial charge >= 0.3 is 6.03 Å². The highest BCUT2D eigenvalue weighted by molar-refractivity contribution is 6.09. The average Bonchev–Trinajstić information content (AvgIpc) is 3.24. The molecule has 6 nitrogen and oxygen atoms in total. The third kappa shape index (κ3) is 3.04. The summed E-state index contributed by atoms with van der Waals surface area (Å²) in [6, 6.07) is 15.3. The second-order valence-corrected chi connectivity index (χ2v) is 9.51. The molecule has 0 saturated carbocycles. The van der Waals surface area contributed by atoms with E-state index >= 15 is 0 Å². The van der Waals surface area contributed by atoms with Crippen molar-refractivity contribution in [3.63, 3.8) is 0 Å². The lowest BCUT2D eigenvalue weighted by molar-refractivity contribution is -0.135. The highest BCUT2D eigenvalue weighted by Gasteiger charge is 2.55. The van der Waals surface area contributed by atoms with Crippen molar-refractivity contribution in [3.05, 3.63) is 70.8 Å². The van der Waals surface area contributed by atoms with Crippen LogP contribution < -0.4 is 10.6 Å². The number of carbonyl (C=O) groups excluding carboxylic acids is 3. The zero-order chi connectivity index (χ0) is 21.8. The number of urea groups is 1. The standard InChI is InChI=1S/C25H27N3O3/c1-24(2)13-12-20(17-8-4-6-10-19(17)24)26-21(29)15-28-22(30)25(27-23(28)31)14-11-16-7-3-5-9-18(16)25/h3-10,20H,11-15H2,1-2H3,(H,26,29)(H,27,31). The molecule has 0 aromatic heterocycles. The topological polar surface area (TPSA) is 78.5 Å².